The molecule has 3 aromatic carbocycles. The highest BCUT2D eigenvalue weighted by molar-refractivity contribution is 5.95. The number of hydrogen-bond donors (Lipinski definition) is 2. The van der Waals surface area contributed by atoms with Crippen LogP contribution in [-0.4, -0.2) is 25.7 Å². The molecule has 0 aliphatic carbocycles. The van der Waals surface area contributed by atoms with Crippen molar-refractivity contribution >= 4 is 28.4 Å². The number of carbonyl (C=O) groups is 1. The molecule has 0 aliphatic rings. The van der Waals surface area contributed by atoms with Crippen molar-refractivity contribution in [3.8, 4) is 5.82 Å². The van der Waals surface area contributed by atoms with Crippen molar-refractivity contribution in [2.45, 2.75) is 20.4 Å². The molecule has 168 valence electrons. The molecule has 0 aliphatic heterocycles. The summed E-state index contributed by atoms with van der Waals surface area (Å²) in [4.78, 5) is 22.4. The number of nitrogens with one attached hydrogen (secondary N) is 2. The first-order valence-corrected chi connectivity index (χ1v) is 11.1. The highest BCUT2D eigenvalue weighted by Crippen LogP contribution is 2.25. The number of carbonyl (C=O) groups excluding carboxylic acids is 1. The predicted octanol–water partition coefficient (Wildman–Crippen LogP) is 5.11. The molecule has 2 aromatic heterocycles. The van der Waals surface area contributed by atoms with E-state index >= 15 is 0 Å². The fourth-order valence-corrected chi connectivity index (χ4v) is 3.82. The molecule has 0 saturated heterocycles. The molecule has 34 heavy (non-hydrogen) atoms. The second-order valence-electron chi connectivity index (χ2n) is 8.10. The van der Waals surface area contributed by atoms with Crippen LogP contribution in [-0.2, 0) is 6.54 Å². The maximum Gasteiger partial charge on any atom is 0.251 e. The third kappa shape index (κ3) is 4.49. The highest BCUT2D eigenvalue weighted by atomic mass is 16.1. The van der Waals surface area contributed by atoms with Crippen LogP contribution in [0, 0.1) is 13.8 Å². The van der Waals surface area contributed by atoms with Gasteiger partial charge in [0.15, 0.2) is 11.6 Å². The lowest BCUT2D eigenvalue weighted by Gasteiger charge is -2.14. The maximum absolute atomic E-state index is 12.8. The quantitative estimate of drug-likeness (QED) is 0.377. The van der Waals surface area contributed by atoms with Gasteiger partial charge < -0.3 is 10.6 Å². The van der Waals surface area contributed by atoms with Gasteiger partial charge in [0.25, 0.3) is 5.91 Å². The molecule has 5 aromatic rings. The van der Waals surface area contributed by atoms with Gasteiger partial charge in [0.05, 0.1) is 16.7 Å². The lowest BCUT2D eigenvalue weighted by molar-refractivity contribution is 0.0951. The third-order valence-corrected chi connectivity index (χ3v) is 5.45. The maximum atomic E-state index is 12.8. The summed E-state index contributed by atoms with van der Waals surface area (Å²) in [7, 11) is 0. The second kappa shape index (κ2) is 9.15. The van der Waals surface area contributed by atoms with Crippen LogP contribution in [0.3, 0.4) is 0 Å². The van der Waals surface area contributed by atoms with Crippen LogP contribution in [0.4, 0.5) is 11.5 Å². The number of benzene rings is 3. The van der Waals surface area contributed by atoms with Crippen molar-refractivity contribution in [3.63, 3.8) is 0 Å². The number of aromatic nitrogens is 4. The van der Waals surface area contributed by atoms with E-state index in [1.54, 1.807) is 10.7 Å². The molecule has 0 spiro atoms. The number of aryl methyl sites for hydroxylation is 2. The molecular formula is C27H24N6O. The first-order chi connectivity index (χ1) is 16.6. The molecule has 0 saturated carbocycles. The molecule has 0 fully saturated rings. The Kier molecular flexibility index (Phi) is 5.74. The normalized spacial score (nSPS) is 10.9. The summed E-state index contributed by atoms with van der Waals surface area (Å²) < 4.78 is 1.79. The molecule has 7 nitrogen and oxygen atoms in total. The zero-order valence-electron chi connectivity index (χ0n) is 19.0. The van der Waals surface area contributed by atoms with Crippen LogP contribution in [0.5, 0.6) is 0 Å². The lowest BCUT2D eigenvalue weighted by atomic mass is 10.1. The summed E-state index contributed by atoms with van der Waals surface area (Å²) in [5, 5.41) is 10.9. The zero-order valence-corrected chi connectivity index (χ0v) is 19.0. The van der Waals surface area contributed by atoms with Crippen molar-refractivity contribution in [1.82, 2.24) is 25.1 Å². The van der Waals surface area contributed by atoms with Crippen LogP contribution in [0.25, 0.3) is 16.9 Å². The van der Waals surface area contributed by atoms with E-state index in [1.165, 1.54) is 0 Å². The Labute approximate surface area is 197 Å². The topological polar surface area (TPSA) is 84.7 Å². The van der Waals surface area contributed by atoms with Gasteiger partial charge in [-0.1, -0.05) is 48.5 Å². The van der Waals surface area contributed by atoms with E-state index in [0.717, 1.165) is 33.7 Å². The van der Waals surface area contributed by atoms with Gasteiger partial charge in [0.1, 0.15) is 0 Å². The Bertz CT molecular complexity index is 1480. The number of rotatable bonds is 6. The van der Waals surface area contributed by atoms with Crippen LogP contribution in [0.1, 0.15) is 27.3 Å². The van der Waals surface area contributed by atoms with Crippen molar-refractivity contribution in [2.24, 2.45) is 0 Å². The van der Waals surface area contributed by atoms with Gasteiger partial charge in [-0.25, -0.2) is 14.6 Å². The van der Waals surface area contributed by atoms with Crippen LogP contribution in [0.2, 0.25) is 0 Å². The summed E-state index contributed by atoms with van der Waals surface area (Å²) in [6.07, 6.45) is 0. The molecule has 2 N–H and O–H groups in total. The molecule has 0 radical (unpaired) electrons. The summed E-state index contributed by atoms with van der Waals surface area (Å²) >= 11 is 0. The van der Waals surface area contributed by atoms with E-state index in [2.05, 4.69) is 15.7 Å². The summed E-state index contributed by atoms with van der Waals surface area (Å²) in [5.41, 5.74) is 5.75. The molecule has 2 heterocycles. The lowest BCUT2D eigenvalue weighted by Crippen LogP contribution is -2.22. The molecule has 1 amide bonds. The number of anilines is 2. The van der Waals surface area contributed by atoms with Gasteiger partial charge in [-0.15, -0.1) is 0 Å². The SMILES string of the molecule is Cc1cc(C)n(-c2nc3ccccc3nc2Nc2cccc(C(=O)NCc3ccccc3)c2)n1. The number of para-hydroxylation sites is 2. The Morgan fingerprint density at radius 1 is 0.853 bits per heavy atom. The molecule has 0 unspecified atom stereocenters. The number of nitrogens with zero attached hydrogens (tertiary/aromatic N) is 4. The van der Waals surface area contributed by atoms with E-state index in [0.29, 0.717) is 23.7 Å². The first kappa shape index (κ1) is 21.3. The largest absolute Gasteiger partial charge is 0.348 e. The number of fused-ring (bicyclic) bond motifs is 1. The predicted molar refractivity (Wildman–Crippen MR) is 133 cm³/mol. The highest BCUT2D eigenvalue weighted by Gasteiger charge is 2.15. The fourth-order valence-electron chi connectivity index (χ4n) is 3.82. The van der Waals surface area contributed by atoms with Gasteiger partial charge in [0.2, 0.25) is 0 Å². The molecule has 0 atom stereocenters. The van der Waals surface area contributed by atoms with Crippen LogP contribution >= 0.6 is 0 Å². The third-order valence-electron chi connectivity index (χ3n) is 5.45. The average Bonchev–Trinajstić information content (AvgIpc) is 3.20. The fraction of sp³-hybridized carbons (Fsp3) is 0.111. The zero-order chi connectivity index (χ0) is 23.5. The minimum absolute atomic E-state index is 0.143. The molecule has 0 bridgehead atoms. The van der Waals surface area contributed by atoms with Crippen molar-refractivity contribution < 1.29 is 4.79 Å². The van der Waals surface area contributed by atoms with E-state index in [4.69, 9.17) is 9.97 Å². The van der Waals surface area contributed by atoms with Crippen molar-refractivity contribution in [1.29, 1.82) is 0 Å². The van der Waals surface area contributed by atoms with Gasteiger partial charge in [-0.2, -0.15) is 5.10 Å². The minimum Gasteiger partial charge on any atom is -0.348 e. The standard InChI is InChI=1S/C27H24N6O/c1-18-15-19(2)33(32-18)26-25(30-23-13-6-7-14-24(23)31-26)29-22-12-8-11-21(16-22)27(34)28-17-20-9-4-3-5-10-20/h3-16H,17H2,1-2H3,(H,28,34)(H,29,30). The van der Waals surface area contributed by atoms with E-state index in [9.17, 15) is 4.79 Å². The van der Waals surface area contributed by atoms with Crippen molar-refractivity contribution in [2.75, 3.05) is 5.32 Å². The van der Waals surface area contributed by atoms with Gasteiger partial charge in [-0.3, -0.25) is 4.79 Å². The van der Waals surface area contributed by atoms with Crippen molar-refractivity contribution in [3.05, 3.63) is 107 Å². The molecular weight excluding hydrogens is 424 g/mol. The minimum atomic E-state index is -0.143. The Balaban J connectivity index is 1.45. The summed E-state index contributed by atoms with van der Waals surface area (Å²) in [5.74, 6) is 1.02. The Morgan fingerprint density at radius 2 is 1.59 bits per heavy atom. The van der Waals surface area contributed by atoms with Crippen LogP contribution < -0.4 is 10.6 Å². The number of hydrogen-bond acceptors (Lipinski definition) is 5. The average molecular weight is 449 g/mol. The van der Waals surface area contributed by atoms with Gasteiger partial charge in [0, 0.05) is 23.5 Å². The second-order valence-corrected chi connectivity index (χ2v) is 8.10. The summed E-state index contributed by atoms with van der Waals surface area (Å²) in [6, 6.07) is 26.9. The van der Waals surface area contributed by atoms with E-state index in [1.807, 2.05) is 92.7 Å². The Morgan fingerprint density at radius 3 is 2.32 bits per heavy atom. The Hall–Kier alpha value is -4.52. The first-order valence-electron chi connectivity index (χ1n) is 11.1. The molecule has 5 rings (SSSR count). The smallest absolute Gasteiger partial charge is 0.251 e. The molecule has 7 heteroatoms. The van der Waals surface area contributed by atoms with Gasteiger partial charge in [-0.05, 0) is 55.8 Å². The van der Waals surface area contributed by atoms with Crippen LogP contribution in [0.15, 0.2) is 84.9 Å². The summed E-state index contributed by atoms with van der Waals surface area (Å²) in [6.45, 7) is 4.40. The van der Waals surface area contributed by atoms with E-state index in [-0.39, 0.29) is 5.91 Å². The number of amides is 1. The monoisotopic (exact) mass is 448 g/mol. The van der Waals surface area contributed by atoms with E-state index < -0.39 is 0 Å². The van der Waals surface area contributed by atoms with Gasteiger partial charge >= 0.3 is 0 Å².